The summed E-state index contributed by atoms with van der Waals surface area (Å²) in [4.78, 5) is 18.8. The number of carbonyl (C=O) groups excluding carboxylic acids is 1. The van der Waals surface area contributed by atoms with E-state index >= 15 is 0 Å². The summed E-state index contributed by atoms with van der Waals surface area (Å²) in [5.74, 6) is 0.962. The molecular formula is C15H26N2O2. The number of ether oxygens (including phenoxy) is 1. The van der Waals surface area contributed by atoms with Crippen molar-refractivity contribution in [2.45, 2.75) is 53.2 Å². The molecule has 2 heterocycles. The van der Waals surface area contributed by atoms with E-state index in [-0.39, 0.29) is 18.1 Å². The van der Waals surface area contributed by atoms with Gasteiger partial charge in [0.2, 0.25) is 0 Å². The molecule has 4 nitrogen and oxygen atoms in total. The summed E-state index contributed by atoms with van der Waals surface area (Å²) in [5, 5.41) is 0. The normalized spacial score (nSPS) is 35.3. The molecular weight excluding hydrogens is 240 g/mol. The zero-order valence-corrected chi connectivity index (χ0v) is 12.9. The van der Waals surface area contributed by atoms with Crippen LogP contribution in [0.5, 0.6) is 0 Å². The SMILES string of the molecule is CC(C)C1=NCCN2C(=O)OC(C)(C(C)C)C2C1C. The van der Waals surface area contributed by atoms with E-state index < -0.39 is 5.60 Å². The molecule has 3 unspecified atom stereocenters. The van der Waals surface area contributed by atoms with Gasteiger partial charge in [0.25, 0.3) is 0 Å². The van der Waals surface area contributed by atoms with Gasteiger partial charge in [-0.1, -0.05) is 34.6 Å². The second kappa shape index (κ2) is 4.80. The fourth-order valence-corrected chi connectivity index (χ4v) is 3.49. The molecule has 0 aliphatic carbocycles. The Morgan fingerprint density at radius 2 is 2.00 bits per heavy atom. The highest BCUT2D eigenvalue weighted by Crippen LogP contribution is 2.41. The molecule has 0 aromatic rings. The maximum absolute atomic E-state index is 12.2. The van der Waals surface area contributed by atoms with E-state index in [1.807, 2.05) is 4.90 Å². The van der Waals surface area contributed by atoms with Crippen molar-refractivity contribution in [1.29, 1.82) is 0 Å². The van der Waals surface area contributed by atoms with Crippen molar-refractivity contribution in [3.05, 3.63) is 0 Å². The Balaban J connectivity index is 2.42. The van der Waals surface area contributed by atoms with Crippen LogP contribution in [0.4, 0.5) is 4.79 Å². The molecule has 108 valence electrons. The van der Waals surface area contributed by atoms with Crippen LogP contribution in [0.25, 0.3) is 0 Å². The number of nitrogens with zero attached hydrogens (tertiary/aromatic N) is 2. The van der Waals surface area contributed by atoms with Crippen molar-refractivity contribution >= 4 is 11.8 Å². The standard InChI is InChI=1S/C15H26N2O2/c1-9(2)12-11(5)13-15(6,10(3)4)19-14(18)17(13)8-7-16-12/h9-11,13H,7-8H2,1-6H3. The second-order valence-electron chi connectivity index (χ2n) is 6.59. The second-order valence-corrected chi connectivity index (χ2v) is 6.59. The molecule has 0 saturated carbocycles. The Kier molecular flexibility index (Phi) is 3.63. The molecule has 3 atom stereocenters. The minimum atomic E-state index is -0.420. The van der Waals surface area contributed by atoms with Crippen LogP contribution in [0.3, 0.4) is 0 Å². The first-order valence-corrected chi connectivity index (χ1v) is 7.33. The first kappa shape index (κ1) is 14.4. The summed E-state index contributed by atoms with van der Waals surface area (Å²) in [5.41, 5.74) is 0.800. The molecule has 0 radical (unpaired) electrons. The Hall–Kier alpha value is -1.06. The number of hydrogen-bond acceptors (Lipinski definition) is 3. The number of rotatable bonds is 2. The summed E-state index contributed by atoms with van der Waals surface area (Å²) in [7, 11) is 0. The van der Waals surface area contributed by atoms with Crippen LogP contribution in [0.2, 0.25) is 0 Å². The molecule has 4 heteroatoms. The summed E-state index contributed by atoms with van der Waals surface area (Å²) in [6.07, 6.45) is -0.173. The predicted molar refractivity (Wildman–Crippen MR) is 76.5 cm³/mol. The number of carbonyl (C=O) groups is 1. The van der Waals surface area contributed by atoms with Gasteiger partial charge in [-0.05, 0) is 18.8 Å². The Morgan fingerprint density at radius 1 is 1.37 bits per heavy atom. The molecule has 1 saturated heterocycles. The van der Waals surface area contributed by atoms with Gasteiger partial charge in [-0.15, -0.1) is 0 Å². The van der Waals surface area contributed by atoms with Crippen LogP contribution in [0.1, 0.15) is 41.5 Å². The number of hydrogen-bond donors (Lipinski definition) is 0. The smallest absolute Gasteiger partial charge is 0.410 e. The number of amides is 1. The minimum Gasteiger partial charge on any atom is -0.441 e. The lowest BCUT2D eigenvalue weighted by molar-refractivity contribution is 0.00321. The predicted octanol–water partition coefficient (Wildman–Crippen LogP) is 2.97. The highest BCUT2D eigenvalue weighted by Gasteiger charge is 2.55. The lowest BCUT2D eigenvalue weighted by atomic mass is 9.76. The highest BCUT2D eigenvalue weighted by atomic mass is 16.6. The Bertz CT molecular complexity index is 403. The largest absolute Gasteiger partial charge is 0.441 e. The van der Waals surface area contributed by atoms with Gasteiger partial charge >= 0.3 is 6.09 Å². The third-order valence-electron chi connectivity index (χ3n) is 4.78. The fraction of sp³-hybridized carbons (Fsp3) is 0.867. The summed E-state index contributed by atoms with van der Waals surface area (Å²) >= 11 is 0. The highest BCUT2D eigenvalue weighted by molar-refractivity contribution is 5.90. The maximum Gasteiger partial charge on any atom is 0.410 e. The lowest BCUT2D eigenvalue weighted by Crippen LogP contribution is -2.52. The molecule has 1 amide bonds. The zero-order valence-electron chi connectivity index (χ0n) is 12.9. The molecule has 0 bridgehead atoms. The van der Waals surface area contributed by atoms with Gasteiger partial charge in [-0.25, -0.2) is 4.79 Å². The number of fused-ring (bicyclic) bond motifs is 1. The van der Waals surface area contributed by atoms with Crippen LogP contribution >= 0.6 is 0 Å². The van der Waals surface area contributed by atoms with Crippen LogP contribution in [-0.4, -0.2) is 41.4 Å². The van der Waals surface area contributed by atoms with E-state index in [1.165, 1.54) is 5.71 Å². The summed E-state index contributed by atoms with van der Waals surface area (Å²) in [6.45, 7) is 14.2. The van der Waals surface area contributed by atoms with Crippen LogP contribution in [0.15, 0.2) is 4.99 Å². The molecule has 2 aliphatic heterocycles. The van der Waals surface area contributed by atoms with Crippen molar-refractivity contribution < 1.29 is 9.53 Å². The maximum atomic E-state index is 12.2. The van der Waals surface area contributed by atoms with Gasteiger partial charge in [0.1, 0.15) is 5.60 Å². The molecule has 2 aliphatic rings. The summed E-state index contributed by atoms with van der Waals surface area (Å²) < 4.78 is 5.74. The zero-order chi connectivity index (χ0) is 14.4. The van der Waals surface area contributed by atoms with E-state index in [9.17, 15) is 4.79 Å². The average molecular weight is 266 g/mol. The molecule has 0 aromatic carbocycles. The van der Waals surface area contributed by atoms with Crippen molar-refractivity contribution in [2.24, 2.45) is 22.7 Å². The quantitative estimate of drug-likeness (QED) is 0.771. The van der Waals surface area contributed by atoms with Gasteiger partial charge < -0.3 is 4.74 Å². The summed E-state index contributed by atoms with van der Waals surface area (Å²) in [6, 6.07) is 0.101. The minimum absolute atomic E-state index is 0.101. The monoisotopic (exact) mass is 266 g/mol. The average Bonchev–Trinajstić information content (AvgIpc) is 2.45. The van der Waals surface area contributed by atoms with Gasteiger partial charge in [0.05, 0.1) is 12.6 Å². The van der Waals surface area contributed by atoms with Gasteiger partial charge in [0.15, 0.2) is 0 Å². The third kappa shape index (κ3) is 2.15. The van der Waals surface area contributed by atoms with Crippen LogP contribution in [-0.2, 0) is 4.74 Å². The van der Waals surface area contributed by atoms with Crippen LogP contribution in [0, 0.1) is 17.8 Å². The van der Waals surface area contributed by atoms with E-state index in [4.69, 9.17) is 9.73 Å². The molecule has 19 heavy (non-hydrogen) atoms. The first-order valence-electron chi connectivity index (χ1n) is 7.33. The van der Waals surface area contributed by atoms with E-state index in [1.54, 1.807) is 0 Å². The van der Waals surface area contributed by atoms with Gasteiger partial charge in [-0.2, -0.15) is 0 Å². The van der Waals surface area contributed by atoms with Crippen molar-refractivity contribution in [3.8, 4) is 0 Å². The van der Waals surface area contributed by atoms with Gasteiger partial charge in [0, 0.05) is 18.2 Å². The first-order chi connectivity index (χ1) is 8.79. The lowest BCUT2D eigenvalue weighted by Gasteiger charge is -2.38. The van der Waals surface area contributed by atoms with Crippen LogP contribution < -0.4 is 0 Å². The number of cyclic esters (lactones) is 1. The van der Waals surface area contributed by atoms with Crippen molar-refractivity contribution in [2.75, 3.05) is 13.1 Å². The van der Waals surface area contributed by atoms with E-state index in [2.05, 4.69) is 41.5 Å². The topological polar surface area (TPSA) is 41.9 Å². The molecule has 1 fully saturated rings. The van der Waals surface area contributed by atoms with E-state index in [0.717, 1.165) is 0 Å². The third-order valence-corrected chi connectivity index (χ3v) is 4.78. The number of aliphatic imine (C=N–C) groups is 1. The Morgan fingerprint density at radius 3 is 2.53 bits per heavy atom. The fourth-order valence-electron chi connectivity index (χ4n) is 3.49. The Labute approximate surface area is 116 Å². The van der Waals surface area contributed by atoms with Crippen molar-refractivity contribution in [1.82, 2.24) is 4.90 Å². The van der Waals surface area contributed by atoms with Crippen molar-refractivity contribution in [3.63, 3.8) is 0 Å². The molecule has 0 aromatic heterocycles. The molecule has 0 spiro atoms. The van der Waals surface area contributed by atoms with E-state index in [0.29, 0.717) is 24.9 Å². The molecule has 0 N–H and O–H groups in total. The molecule has 2 rings (SSSR count). The van der Waals surface area contributed by atoms with Gasteiger partial charge in [-0.3, -0.25) is 9.89 Å².